The monoisotopic (exact) mass is 407 g/mol. The van der Waals surface area contributed by atoms with Crippen molar-refractivity contribution in [3.8, 4) is 23.0 Å². The number of nitrogens with two attached hydrogens (primary N) is 1. The Bertz CT molecular complexity index is 1080. The van der Waals surface area contributed by atoms with E-state index in [1.165, 1.54) is 17.3 Å². The van der Waals surface area contributed by atoms with Crippen LogP contribution in [0.5, 0.6) is 11.5 Å². The number of anilines is 1. The van der Waals surface area contributed by atoms with Gasteiger partial charge in [-0.2, -0.15) is 0 Å². The van der Waals surface area contributed by atoms with Crippen LogP contribution >= 0.6 is 11.8 Å². The van der Waals surface area contributed by atoms with Crippen molar-refractivity contribution in [2.45, 2.75) is 23.0 Å². The first-order valence-electron chi connectivity index (χ1n) is 9.10. The third kappa shape index (κ3) is 4.12. The Morgan fingerprint density at radius 3 is 2.62 bits per heavy atom. The van der Waals surface area contributed by atoms with Crippen LogP contribution in [0.25, 0.3) is 11.5 Å². The Morgan fingerprint density at radius 2 is 1.86 bits per heavy atom. The van der Waals surface area contributed by atoms with Crippen LogP contribution in [0, 0.1) is 0 Å². The summed E-state index contributed by atoms with van der Waals surface area (Å²) in [5.41, 5.74) is 7.91. The van der Waals surface area contributed by atoms with Gasteiger partial charge in [0, 0.05) is 12.6 Å². The van der Waals surface area contributed by atoms with E-state index in [4.69, 9.17) is 20.2 Å². The molecule has 0 saturated carbocycles. The lowest BCUT2D eigenvalue weighted by atomic mass is 10.1. The van der Waals surface area contributed by atoms with Crippen molar-refractivity contribution >= 4 is 17.6 Å². The summed E-state index contributed by atoms with van der Waals surface area (Å²) in [4.78, 5) is 14.5. The van der Waals surface area contributed by atoms with Crippen LogP contribution in [0.4, 0.5) is 5.82 Å². The Kier molecular flexibility index (Phi) is 5.53. The van der Waals surface area contributed by atoms with E-state index in [0.29, 0.717) is 22.4 Å². The zero-order valence-electron chi connectivity index (χ0n) is 16.2. The average molecular weight is 407 g/mol. The molecule has 0 amide bonds. The predicted molar refractivity (Wildman–Crippen MR) is 113 cm³/mol. The maximum Gasteiger partial charge on any atom is 0.195 e. The van der Waals surface area contributed by atoms with Gasteiger partial charge in [-0.3, -0.25) is 0 Å². The minimum atomic E-state index is 0.372. The molecule has 7 nitrogen and oxygen atoms in total. The molecule has 8 heteroatoms. The number of rotatable bonds is 7. The summed E-state index contributed by atoms with van der Waals surface area (Å²) in [6, 6.07) is 15.9. The second kappa shape index (κ2) is 8.40. The minimum Gasteiger partial charge on any atom is -0.497 e. The van der Waals surface area contributed by atoms with Gasteiger partial charge in [-0.15, -0.1) is 0 Å². The standard InChI is InChI=1S/C21H21N5O2S/c1-27-15-8-9-17(16(12-15)28-2)29-21-24-18-19(22)23-13-26(20(18)25-21)11-10-14-6-4-3-5-7-14/h3-9,12-13H,10-11,22H2,1-2H3. The van der Waals surface area contributed by atoms with Gasteiger partial charge in [-0.25, -0.2) is 15.0 Å². The molecule has 0 fully saturated rings. The molecule has 0 radical (unpaired) electrons. The number of fused-ring (bicyclic) bond motifs is 1. The molecule has 4 rings (SSSR count). The molecule has 2 aliphatic heterocycles. The van der Waals surface area contributed by atoms with Gasteiger partial charge in [0.15, 0.2) is 22.5 Å². The van der Waals surface area contributed by atoms with Crippen molar-refractivity contribution in [1.29, 1.82) is 0 Å². The van der Waals surface area contributed by atoms with Crippen LogP contribution in [0.3, 0.4) is 0 Å². The summed E-state index contributed by atoms with van der Waals surface area (Å²) in [6.45, 7) is 0.739. The summed E-state index contributed by atoms with van der Waals surface area (Å²) in [5.74, 6) is 2.53. The summed E-state index contributed by atoms with van der Waals surface area (Å²) in [7, 11) is 3.25. The van der Waals surface area contributed by atoms with Crippen LogP contribution in [-0.4, -0.2) is 33.7 Å². The van der Waals surface area contributed by atoms with E-state index in [1.807, 2.05) is 41.0 Å². The molecule has 0 saturated heterocycles. The van der Waals surface area contributed by atoms with Crippen molar-refractivity contribution < 1.29 is 9.47 Å². The number of methoxy groups -OCH3 is 2. The molecule has 148 valence electrons. The number of benzene rings is 2. The maximum atomic E-state index is 6.06. The fraction of sp³-hybridized carbons (Fsp3) is 0.190. The number of nitrogens with zero attached hydrogens (tertiary/aromatic N) is 4. The SMILES string of the molecule is COc1ccc(Sc2nc3c(N)ncn(CCc4ccccc4)c-3n2)c(OC)c1. The number of aryl methyl sites for hydroxylation is 2. The maximum absolute atomic E-state index is 6.06. The van der Waals surface area contributed by atoms with E-state index >= 15 is 0 Å². The highest BCUT2D eigenvalue weighted by Gasteiger charge is 2.20. The van der Waals surface area contributed by atoms with E-state index in [-0.39, 0.29) is 0 Å². The van der Waals surface area contributed by atoms with E-state index in [0.717, 1.165) is 29.4 Å². The highest BCUT2D eigenvalue weighted by Crippen LogP contribution is 2.38. The van der Waals surface area contributed by atoms with Crippen molar-refractivity contribution in [2.24, 2.45) is 0 Å². The number of nitrogen functional groups attached to an aromatic ring is 1. The molecule has 0 unspecified atom stereocenters. The Hall–Kier alpha value is -3.26. The van der Waals surface area contributed by atoms with Crippen molar-refractivity contribution in [3.63, 3.8) is 0 Å². The first-order valence-corrected chi connectivity index (χ1v) is 9.91. The van der Waals surface area contributed by atoms with E-state index in [9.17, 15) is 0 Å². The minimum absolute atomic E-state index is 0.372. The largest absolute Gasteiger partial charge is 0.497 e. The van der Waals surface area contributed by atoms with Crippen LogP contribution < -0.4 is 15.2 Å². The Morgan fingerprint density at radius 1 is 1.03 bits per heavy atom. The van der Waals surface area contributed by atoms with Gasteiger partial charge in [-0.05, 0) is 35.9 Å². The molecule has 2 aromatic rings. The van der Waals surface area contributed by atoms with Gasteiger partial charge in [-0.1, -0.05) is 30.3 Å². The van der Waals surface area contributed by atoms with Gasteiger partial charge in [0.2, 0.25) is 0 Å². The van der Waals surface area contributed by atoms with Gasteiger partial charge in [0.1, 0.15) is 11.5 Å². The first-order chi connectivity index (χ1) is 14.2. The third-order valence-corrected chi connectivity index (χ3v) is 5.45. The molecule has 0 spiro atoms. The highest BCUT2D eigenvalue weighted by molar-refractivity contribution is 7.99. The lowest BCUT2D eigenvalue weighted by molar-refractivity contribution is 0.387. The number of hydrogen-bond acceptors (Lipinski definition) is 7. The van der Waals surface area contributed by atoms with Crippen LogP contribution in [0.2, 0.25) is 0 Å². The third-order valence-electron chi connectivity index (χ3n) is 4.53. The Balaban J connectivity index is 1.62. The predicted octanol–water partition coefficient (Wildman–Crippen LogP) is 3.77. The molecule has 2 aliphatic rings. The molecule has 0 atom stereocenters. The van der Waals surface area contributed by atoms with E-state index in [2.05, 4.69) is 22.1 Å². The fourth-order valence-corrected chi connectivity index (χ4v) is 3.84. The van der Waals surface area contributed by atoms with Crippen LogP contribution in [-0.2, 0) is 13.0 Å². The first kappa shape index (κ1) is 19.1. The topological polar surface area (TPSA) is 88.1 Å². The highest BCUT2D eigenvalue weighted by atomic mass is 32.2. The molecule has 29 heavy (non-hydrogen) atoms. The Labute approximate surface area is 173 Å². The van der Waals surface area contributed by atoms with Crippen molar-refractivity contribution in [2.75, 3.05) is 20.0 Å². The lowest BCUT2D eigenvalue weighted by Gasteiger charge is -2.11. The van der Waals surface area contributed by atoms with E-state index < -0.39 is 0 Å². The molecule has 0 bridgehead atoms. The average Bonchev–Trinajstić information content (AvgIpc) is 3.19. The lowest BCUT2D eigenvalue weighted by Crippen LogP contribution is -2.09. The fourth-order valence-electron chi connectivity index (χ4n) is 3.00. The number of aromatic nitrogens is 4. The molecule has 2 aromatic carbocycles. The second-order valence-corrected chi connectivity index (χ2v) is 7.37. The summed E-state index contributed by atoms with van der Waals surface area (Å²) in [6.07, 6.45) is 2.59. The molecule has 0 aliphatic carbocycles. The van der Waals surface area contributed by atoms with Crippen molar-refractivity contribution in [3.05, 3.63) is 60.4 Å². The van der Waals surface area contributed by atoms with Gasteiger partial charge >= 0.3 is 0 Å². The number of hydrogen-bond donors (Lipinski definition) is 1. The molecule has 2 heterocycles. The van der Waals surface area contributed by atoms with E-state index in [1.54, 1.807) is 20.5 Å². The van der Waals surface area contributed by atoms with Gasteiger partial charge < -0.3 is 19.8 Å². The zero-order chi connectivity index (χ0) is 20.2. The number of imidazole rings is 1. The second-order valence-electron chi connectivity index (χ2n) is 6.36. The number of ether oxygens (including phenoxy) is 2. The molecule has 0 aromatic heterocycles. The molecular formula is C21H21N5O2S. The zero-order valence-corrected chi connectivity index (χ0v) is 17.0. The summed E-state index contributed by atoms with van der Waals surface area (Å²) >= 11 is 1.42. The smallest absolute Gasteiger partial charge is 0.195 e. The molecule has 2 N–H and O–H groups in total. The van der Waals surface area contributed by atoms with Crippen LogP contribution in [0.1, 0.15) is 5.56 Å². The van der Waals surface area contributed by atoms with Crippen molar-refractivity contribution in [1.82, 2.24) is 19.5 Å². The van der Waals surface area contributed by atoms with Crippen LogP contribution in [0.15, 0.2) is 64.9 Å². The van der Waals surface area contributed by atoms with Gasteiger partial charge in [0.25, 0.3) is 0 Å². The normalized spacial score (nSPS) is 11.0. The quantitative estimate of drug-likeness (QED) is 0.499. The van der Waals surface area contributed by atoms with Gasteiger partial charge in [0.05, 0.1) is 25.4 Å². The summed E-state index contributed by atoms with van der Waals surface area (Å²) in [5, 5.41) is 0.594. The molecular weight excluding hydrogens is 386 g/mol. The summed E-state index contributed by atoms with van der Waals surface area (Å²) < 4.78 is 12.7.